The Morgan fingerprint density at radius 3 is 2.68 bits per heavy atom. The maximum atomic E-state index is 12.5. The van der Waals surface area contributed by atoms with Crippen molar-refractivity contribution >= 4 is 22.1 Å². The van der Waals surface area contributed by atoms with Gasteiger partial charge in [0.05, 0.1) is 23.5 Å². The van der Waals surface area contributed by atoms with Crippen molar-refractivity contribution in [3.05, 3.63) is 52.3 Å². The van der Waals surface area contributed by atoms with Crippen LogP contribution in [-0.4, -0.2) is 51.3 Å². The SMILES string of the molecule is O=c1c2ccccc2oc2nc(C[C@@H]3OC[C@@H](O)[C@H](O)[C@H]3O)ccc12. The van der Waals surface area contributed by atoms with Crippen LogP contribution in [-0.2, 0) is 11.2 Å². The van der Waals surface area contributed by atoms with Crippen molar-refractivity contribution < 1.29 is 24.5 Å². The van der Waals surface area contributed by atoms with Gasteiger partial charge in [-0.25, -0.2) is 4.98 Å². The number of benzene rings is 1. The summed E-state index contributed by atoms with van der Waals surface area (Å²) in [5.41, 5.74) is 1.08. The number of ether oxygens (including phenoxy) is 1. The normalized spacial score (nSPS) is 27.0. The van der Waals surface area contributed by atoms with Crippen molar-refractivity contribution in [2.24, 2.45) is 0 Å². The zero-order chi connectivity index (χ0) is 17.6. The Bertz CT molecular complexity index is 984. The Morgan fingerprint density at radius 1 is 1.04 bits per heavy atom. The van der Waals surface area contributed by atoms with Crippen LogP contribution in [0.4, 0.5) is 0 Å². The minimum Gasteiger partial charge on any atom is -0.437 e. The second kappa shape index (κ2) is 6.20. The van der Waals surface area contributed by atoms with Crippen LogP contribution in [0.5, 0.6) is 0 Å². The number of fused-ring (bicyclic) bond motifs is 2. The van der Waals surface area contributed by atoms with Gasteiger partial charge in [-0.05, 0) is 24.3 Å². The molecular formula is C18H17NO6. The summed E-state index contributed by atoms with van der Waals surface area (Å²) in [6.07, 6.45) is -4.07. The maximum Gasteiger partial charge on any atom is 0.230 e. The Hall–Kier alpha value is -2.32. The molecule has 3 N–H and O–H groups in total. The van der Waals surface area contributed by atoms with Gasteiger partial charge in [0.25, 0.3) is 0 Å². The third kappa shape index (κ3) is 2.81. The van der Waals surface area contributed by atoms with Gasteiger partial charge in [0.1, 0.15) is 23.9 Å². The third-order valence-corrected chi connectivity index (χ3v) is 4.52. The van der Waals surface area contributed by atoms with E-state index in [1.807, 2.05) is 0 Å². The van der Waals surface area contributed by atoms with Crippen LogP contribution in [0.25, 0.3) is 22.1 Å². The summed E-state index contributed by atoms with van der Waals surface area (Å²) in [5, 5.41) is 30.2. The van der Waals surface area contributed by atoms with Crippen LogP contribution in [0, 0.1) is 0 Å². The first-order valence-corrected chi connectivity index (χ1v) is 8.02. The van der Waals surface area contributed by atoms with Gasteiger partial charge in [-0.15, -0.1) is 0 Å². The summed E-state index contributed by atoms with van der Waals surface area (Å²) in [4.78, 5) is 16.9. The van der Waals surface area contributed by atoms with Crippen LogP contribution in [0.1, 0.15) is 5.69 Å². The lowest BCUT2D eigenvalue weighted by molar-refractivity contribution is -0.186. The molecule has 130 valence electrons. The number of hydrogen-bond donors (Lipinski definition) is 3. The second-order valence-corrected chi connectivity index (χ2v) is 6.21. The highest BCUT2D eigenvalue weighted by Crippen LogP contribution is 2.21. The number of rotatable bonds is 2. The largest absolute Gasteiger partial charge is 0.437 e. The summed E-state index contributed by atoms with van der Waals surface area (Å²) in [7, 11) is 0. The lowest BCUT2D eigenvalue weighted by atomic mass is 9.96. The number of hydrogen-bond acceptors (Lipinski definition) is 7. The number of para-hydroxylation sites is 1. The molecule has 7 nitrogen and oxygen atoms in total. The lowest BCUT2D eigenvalue weighted by Crippen LogP contribution is -2.53. The number of pyridine rings is 1. The van der Waals surface area contributed by atoms with Crippen LogP contribution in [0.15, 0.2) is 45.6 Å². The van der Waals surface area contributed by atoms with Crippen LogP contribution >= 0.6 is 0 Å². The minimum atomic E-state index is -1.26. The molecule has 0 amide bonds. The highest BCUT2D eigenvalue weighted by Gasteiger charge is 2.37. The summed E-state index contributed by atoms with van der Waals surface area (Å²) in [6.45, 7) is -0.0593. The molecule has 1 aliphatic heterocycles. The second-order valence-electron chi connectivity index (χ2n) is 6.21. The maximum absolute atomic E-state index is 12.5. The number of aromatic nitrogens is 1. The molecule has 0 bridgehead atoms. The first kappa shape index (κ1) is 16.2. The molecule has 0 unspecified atom stereocenters. The van der Waals surface area contributed by atoms with E-state index in [0.717, 1.165) is 0 Å². The van der Waals surface area contributed by atoms with Gasteiger partial charge in [-0.1, -0.05) is 12.1 Å². The van der Waals surface area contributed by atoms with E-state index < -0.39 is 24.4 Å². The van der Waals surface area contributed by atoms with Gasteiger partial charge in [-0.3, -0.25) is 4.79 Å². The summed E-state index contributed by atoms with van der Waals surface area (Å²) in [5.74, 6) is 0. The van der Waals surface area contributed by atoms with E-state index in [2.05, 4.69) is 4.98 Å². The molecule has 7 heteroatoms. The highest BCUT2D eigenvalue weighted by atomic mass is 16.5. The lowest BCUT2D eigenvalue weighted by Gasteiger charge is -2.35. The van der Waals surface area contributed by atoms with Crippen molar-refractivity contribution in [2.75, 3.05) is 6.61 Å². The van der Waals surface area contributed by atoms with Crippen molar-refractivity contribution in [1.82, 2.24) is 4.98 Å². The van der Waals surface area contributed by atoms with Crippen molar-refractivity contribution in [2.45, 2.75) is 30.8 Å². The Balaban J connectivity index is 1.70. The smallest absolute Gasteiger partial charge is 0.230 e. The zero-order valence-electron chi connectivity index (χ0n) is 13.2. The van der Waals surface area contributed by atoms with E-state index in [4.69, 9.17) is 9.15 Å². The molecule has 0 saturated carbocycles. The van der Waals surface area contributed by atoms with Crippen molar-refractivity contribution in [3.63, 3.8) is 0 Å². The molecule has 0 radical (unpaired) electrons. The van der Waals surface area contributed by atoms with E-state index in [9.17, 15) is 20.1 Å². The molecule has 4 rings (SSSR count). The van der Waals surface area contributed by atoms with Crippen molar-refractivity contribution in [1.29, 1.82) is 0 Å². The molecule has 0 aliphatic carbocycles. The van der Waals surface area contributed by atoms with E-state index >= 15 is 0 Å². The fraction of sp³-hybridized carbons (Fsp3) is 0.333. The Labute approximate surface area is 142 Å². The zero-order valence-corrected chi connectivity index (χ0v) is 13.2. The molecule has 4 atom stereocenters. The molecule has 1 aromatic carbocycles. The number of nitrogens with zero attached hydrogens (tertiary/aromatic N) is 1. The summed E-state index contributed by atoms with van der Waals surface area (Å²) >= 11 is 0. The Morgan fingerprint density at radius 2 is 1.84 bits per heavy atom. The van der Waals surface area contributed by atoms with Crippen LogP contribution < -0.4 is 5.43 Å². The summed E-state index contributed by atoms with van der Waals surface area (Å²) < 4.78 is 11.1. The molecule has 1 fully saturated rings. The van der Waals surface area contributed by atoms with Crippen molar-refractivity contribution in [3.8, 4) is 0 Å². The molecule has 1 aliphatic rings. The Kier molecular flexibility index (Phi) is 4.01. The van der Waals surface area contributed by atoms with E-state index in [0.29, 0.717) is 22.0 Å². The molecule has 2 aromatic heterocycles. The van der Waals surface area contributed by atoms with Gasteiger partial charge in [-0.2, -0.15) is 0 Å². The van der Waals surface area contributed by atoms with Crippen LogP contribution in [0.2, 0.25) is 0 Å². The fourth-order valence-corrected chi connectivity index (χ4v) is 3.09. The van der Waals surface area contributed by atoms with Crippen LogP contribution in [0.3, 0.4) is 0 Å². The van der Waals surface area contributed by atoms with Gasteiger partial charge in [0.15, 0.2) is 0 Å². The van der Waals surface area contributed by atoms with E-state index in [-0.39, 0.29) is 24.2 Å². The van der Waals surface area contributed by atoms with E-state index in [1.165, 1.54) is 0 Å². The number of aliphatic hydroxyl groups excluding tert-OH is 3. The van der Waals surface area contributed by atoms with Gasteiger partial charge in [0, 0.05) is 12.1 Å². The third-order valence-electron chi connectivity index (χ3n) is 4.52. The fourth-order valence-electron chi connectivity index (χ4n) is 3.09. The monoisotopic (exact) mass is 343 g/mol. The molecule has 3 heterocycles. The topological polar surface area (TPSA) is 113 Å². The average Bonchev–Trinajstić information content (AvgIpc) is 2.62. The average molecular weight is 343 g/mol. The van der Waals surface area contributed by atoms with Gasteiger partial charge < -0.3 is 24.5 Å². The highest BCUT2D eigenvalue weighted by molar-refractivity contribution is 5.87. The minimum absolute atomic E-state index is 0.0593. The number of aliphatic hydroxyl groups is 3. The quantitative estimate of drug-likeness (QED) is 0.576. The molecule has 25 heavy (non-hydrogen) atoms. The molecule has 0 spiro atoms. The molecule has 1 saturated heterocycles. The van der Waals surface area contributed by atoms with Gasteiger partial charge >= 0.3 is 0 Å². The van der Waals surface area contributed by atoms with E-state index in [1.54, 1.807) is 36.4 Å². The summed E-state index contributed by atoms with van der Waals surface area (Å²) in [6, 6.07) is 10.3. The predicted octanol–water partition coefficient (Wildman–Crippen LogP) is 0.365. The molecular weight excluding hydrogens is 326 g/mol. The standard InChI is InChI=1S/C18H17NO6/c20-12-8-24-14(17(23)16(12)22)7-9-5-6-11-15(21)10-3-1-2-4-13(10)25-18(11)19-9/h1-6,12,14,16-17,20,22-23H,7-8H2/t12-,14+,16+,17+/m1/s1. The molecule has 3 aromatic rings. The first-order valence-electron chi connectivity index (χ1n) is 8.02. The first-order chi connectivity index (χ1) is 12.0. The predicted molar refractivity (Wildman–Crippen MR) is 89.2 cm³/mol. The van der Waals surface area contributed by atoms with Gasteiger partial charge in [0.2, 0.25) is 11.1 Å².